The van der Waals surface area contributed by atoms with Crippen LogP contribution in [0.1, 0.15) is 154 Å². The first-order valence-electron chi connectivity index (χ1n) is 34.9. The molecule has 97 heavy (non-hydrogen) atoms. The van der Waals surface area contributed by atoms with Crippen LogP contribution in [0.5, 0.6) is 0 Å². The smallest absolute Gasteiger partial charge is 0.247 e. The van der Waals surface area contributed by atoms with Gasteiger partial charge in [-0.15, -0.1) is 0 Å². The zero-order valence-corrected chi connectivity index (χ0v) is 59.6. The molecule has 2 aliphatic rings. The number of benzene rings is 12. The van der Waals surface area contributed by atoms with Gasteiger partial charge in [0.25, 0.3) is 0 Å². The molecule has 4 heteroatoms. The highest BCUT2D eigenvalue weighted by Gasteiger charge is 2.53. The van der Waals surface area contributed by atoms with E-state index in [9.17, 15) is 0 Å². The van der Waals surface area contributed by atoms with Gasteiger partial charge in [-0.25, -0.2) is 0 Å². The molecule has 0 bridgehead atoms. The highest BCUT2D eigenvalue weighted by molar-refractivity contribution is 6.99. The Labute approximate surface area is 579 Å². The molecule has 2 aliphatic heterocycles. The van der Waals surface area contributed by atoms with E-state index >= 15 is 0 Å². The van der Waals surface area contributed by atoms with Gasteiger partial charge in [-0.2, -0.15) is 0 Å². The van der Waals surface area contributed by atoms with Crippen molar-refractivity contribution < 1.29 is 0 Å². The van der Waals surface area contributed by atoms with Crippen molar-refractivity contribution in [1.29, 1.82) is 0 Å². The summed E-state index contributed by atoms with van der Waals surface area (Å²) in [6.07, 6.45) is 0. The lowest BCUT2D eigenvalue weighted by molar-refractivity contribution is 0.587. The van der Waals surface area contributed by atoms with Crippen LogP contribution in [0.25, 0.3) is 22.3 Å². The molecule has 14 rings (SSSR count). The van der Waals surface area contributed by atoms with Gasteiger partial charge in [-0.05, 0) is 178 Å². The van der Waals surface area contributed by atoms with Gasteiger partial charge in [-0.3, -0.25) is 0 Å². The van der Waals surface area contributed by atoms with E-state index in [2.05, 4.69) is 404 Å². The van der Waals surface area contributed by atoms with Gasteiger partial charge in [0, 0.05) is 56.6 Å². The molecule has 3 nitrogen and oxygen atoms in total. The third-order valence-corrected chi connectivity index (χ3v) is 20.6. The molecule has 0 fully saturated rings. The summed E-state index contributed by atoms with van der Waals surface area (Å²) in [6.45, 7) is 34.6. The van der Waals surface area contributed by atoms with Gasteiger partial charge in [0.1, 0.15) is 0 Å². The Kier molecular flexibility index (Phi) is 16.2. The van der Waals surface area contributed by atoms with Crippen LogP contribution in [0.3, 0.4) is 0 Å². The standard InChI is InChI=1S/C93H92BN3/c1-88(2,3)65-39-47-72(48-40-65)95(73-49-41-66(42-50-73)89(4,5)6)76-55-57-82-80(61-76)93(69-33-24-18-25-34-69,70-35-26-19-27-36-70)81-59-71(92(13,14)15)60-85-86(81)94(82)83-58-56-77(96(74-51-43-67(44-52-74)90(7,8)9)75-53-45-68(46-54-75)91(10,11)12)62-84(83)97(85)87-78(63-29-20-16-21-30-63)37-28-38-79(87)64-31-22-17-23-32-64/h16-62H,1-15H3. The molecule has 0 N–H and O–H groups in total. The van der Waals surface area contributed by atoms with Crippen LogP contribution in [-0.4, -0.2) is 6.71 Å². The number of rotatable bonds is 11. The minimum Gasteiger partial charge on any atom is -0.310 e. The molecule has 0 aliphatic carbocycles. The number of para-hydroxylation sites is 1. The fraction of sp³-hybridized carbons (Fsp3) is 0.226. The molecular formula is C93H92BN3. The maximum atomic E-state index is 2.71. The Hall–Kier alpha value is -9.90. The summed E-state index contributed by atoms with van der Waals surface area (Å²) >= 11 is 0. The maximum Gasteiger partial charge on any atom is 0.247 e. The second-order valence-corrected chi connectivity index (χ2v) is 32.3. The molecule has 12 aromatic rings. The molecule has 0 amide bonds. The predicted octanol–water partition coefficient (Wildman–Crippen LogP) is 23.4. The van der Waals surface area contributed by atoms with E-state index in [1.54, 1.807) is 0 Å². The van der Waals surface area contributed by atoms with Crippen molar-refractivity contribution in [2.45, 2.75) is 136 Å². The van der Waals surface area contributed by atoms with E-state index in [1.807, 2.05) is 0 Å². The van der Waals surface area contributed by atoms with Crippen molar-refractivity contribution in [3.63, 3.8) is 0 Å². The third kappa shape index (κ3) is 11.7. The fourth-order valence-corrected chi connectivity index (χ4v) is 15.2. The van der Waals surface area contributed by atoms with Crippen LogP contribution in [0, 0.1) is 0 Å². The van der Waals surface area contributed by atoms with Crippen LogP contribution >= 0.6 is 0 Å². The molecule has 0 atom stereocenters. The Morgan fingerprint density at radius 3 is 0.990 bits per heavy atom. The van der Waals surface area contributed by atoms with Gasteiger partial charge >= 0.3 is 0 Å². The van der Waals surface area contributed by atoms with Crippen molar-refractivity contribution >= 4 is 74.3 Å². The summed E-state index contributed by atoms with van der Waals surface area (Å²) in [5.74, 6) is 0. The lowest BCUT2D eigenvalue weighted by atomic mass is 9.29. The second kappa shape index (κ2) is 24.3. The molecular weight excluding hydrogens is 1170 g/mol. The Morgan fingerprint density at radius 1 is 0.278 bits per heavy atom. The van der Waals surface area contributed by atoms with E-state index in [0.717, 1.165) is 67.8 Å². The van der Waals surface area contributed by atoms with Crippen molar-refractivity contribution in [3.05, 3.63) is 335 Å². The first kappa shape index (κ1) is 64.4. The van der Waals surface area contributed by atoms with Crippen LogP contribution in [0.4, 0.5) is 51.2 Å². The summed E-state index contributed by atoms with van der Waals surface area (Å²) in [5.41, 5.74) is 28.7. The topological polar surface area (TPSA) is 9.72 Å². The predicted molar refractivity (Wildman–Crippen MR) is 418 cm³/mol. The molecule has 482 valence electrons. The van der Waals surface area contributed by atoms with Gasteiger partial charge in [-0.1, -0.05) is 316 Å². The van der Waals surface area contributed by atoms with Crippen molar-refractivity contribution in [2.75, 3.05) is 14.7 Å². The number of hydrogen-bond donors (Lipinski definition) is 0. The van der Waals surface area contributed by atoms with Crippen LogP contribution < -0.4 is 31.1 Å². The average molecular weight is 1260 g/mol. The van der Waals surface area contributed by atoms with E-state index in [-0.39, 0.29) is 33.8 Å². The summed E-state index contributed by atoms with van der Waals surface area (Å²) in [7, 11) is 0. The van der Waals surface area contributed by atoms with Crippen molar-refractivity contribution in [2.24, 2.45) is 0 Å². The number of anilines is 9. The van der Waals surface area contributed by atoms with E-state index in [0.29, 0.717) is 0 Å². The third-order valence-electron chi connectivity index (χ3n) is 20.6. The molecule has 0 unspecified atom stereocenters. The Bertz CT molecular complexity index is 4610. The van der Waals surface area contributed by atoms with Crippen molar-refractivity contribution in [1.82, 2.24) is 0 Å². The number of nitrogens with zero attached hydrogens (tertiary/aromatic N) is 3. The summed E-state index contributed by atoms with van der Waals surface area (Å²) in [6, 6.07) is 109. The SMILES string of the molecule is CC(C)(C)c1ccc(N(c2ccc(C(C)(C)C)cc2)c2ccc3c(c2)N(c2c(-c4ccccc4)cccc2-c2ccccc2)c2cc(C(C)(C)C)cc4c2B3c2ccc(N(c3ccc(C(C)(C)C)cc3)c3ccc(C(C)(C)C)cc3)cc2C4(c2ccccc2)c2ccccc2)cc1. The van der Waals surface area contributed by atoms with Gasteiger partial charge in [0.2, 0.25) is 6.71 Å². The molecule has 2 heterocycles. The zero-order valence-electron chi connectivity index (χ0n) is 59.6. The highest BCUT2D eigenvalue weighted by Crippen LogP contribution is 2.55. The lowest BCUT2D eigenvalue weighted by Crippen LogP contribution is -2.65. The number of hydrogen-bond acceptors (Lipinski definition) is 3. The van der Waals surface area contributed by atoms with Crippen LogP contribution in [0.15, 0.2) is 285 Å². The molecule has 0 saturated heterocycles. The van der Waals surface area contributed by atoms with E-state index in [4.69, 9.17) is 0 Å². The summed E-state index contributed by atoms with van der Waals surface area (Å²) < 4.78 is 0. The van der Waals surface area contributed by atoms with Gasteiger partial charge in [0.15, 0.2) is 0 Å². The molecule has 0 saturated carbocycles. The minimum absolute atomic E-state index is 0.0142. The monoisotopic (exact) mass is 1260 g/mol. The average Bonchev–Trinajstić information content (AvgIpc) is 0.673. The van der Waals surface area contributed by atoms with Gasteiger partial charge < -0.3 is 14.7 Å². The quantitative estimate of drug-likeness (QED) is 0.120. The first-order valence-corrected chi connectivity index (χ1v) is 34.9. The first-order chi connectivity index (χ1) is 46.3. The Balaban J connectivity index is 1.14. The molecule has 0 spiro atoms. The van der Waals surface area contributed by atoms with Gasteiger partial charge in [0.05, 0.1) is 11.1 Å². The summed E-state index contributed by atoms with van der Waals surface area (Å²) in [4.78, 5) is 7.69. The van der Waals surface area contributed by atoms with E-state index < -0.39 is 5.41 Å². The highest BCUT2D eigenvalue weighted by atomic mass is 15.2. The van der Waals surface area contributed by atoms with Crippen LogP contribution in [0.2, 0.25) is 0 Å². The largest absolute Gasteiger partial charge is 0.310 e. The molecule has 0 aromatic heterocycles. The van der Waals surface area contributed by atoms with Crippen LogP contribution in [-0.2, 0) is 32.5 Å². The Morgan fingerprint density at radius 2 is 0.619 bits per heavy atom. The molecule has 12 aromatic carbocycles. The maximum absolute atomic E-state index is 2.71. The lowest BCUT2D eigenvalue weighted by Gasteiger charge is -2.50. The number of fused-ring (bicyclic) bond motifs is 4. The van der Waals surface area contributed by atoms with E-state index in [1.165, 1.54) is 72.1 Å². The normalized spacial score (nSPS) is 13.6. The minimum atomic E-state index is -0.826. The fourth-order valence-electron chi connectivity index (χ4n) is 15.2. The van der Waals surface area contributed by atoms with Crippen molar-refractivity contribution in [3.8, 4) is 22.3 Å². The second-order valence-electron chi connectivity index (χ2n) is 32.3. The zero-order chi connectivity index (χ0) is 68.0. The summed E-state index contributed by atoms with van der Waals surface area (Å²) in [5, 5.41) is 0. The molecule has 0 radical (unpaired) electrons.